The summed E-state index contributed by atoms with van der Waals surface area (Å²) in [6, 6.07) is 7.08. The largest absolute Gasteiger partial charge is 0.480 e. The fraction of sp³-hybridized carbons (Fsp3) is 0.333. The SMILES string of the molecule is CC(C)(C)c1ccc(NC(=O)Nc2cnn(CC(=O)O)n2)cc1. The van der Waals surface area contributed by atoms with Gasteiger partial charge >= 0.3 is 12.0 Å². The van der Waals surface area contributed by atoms with E-state index in [1.165, 1.54) is 11.8 Å². The molecule has 2 rings (SSSR count). The Hall–Kier alpha value is -2.90. The predicted molar refractivity (Wildman–Crippen MR) is 85.4 cm³/mol. The summed E-state index contributed by atoms with van der Waals surface area (Å²) in [4.78, 5) is 23.4. The van der Waals surface area contributed by atoms with Crippen LogP contribution in [-0.4, -0.2) is 32.1 Å². The van der Waals surface area contributed by atoms with Gasteiger partial charge in [0.1, 0.15) is 0 Å². The minimum atomic E-state index is -1.06. The van der Waals surface area contributed by atoms with Crippen molar-refractivity contribution in [1.29, 1.82) is 0 Å². The number of nitrogens with one attached hydrogen (secondary N) is 2. The Kier molecular flexibility index (Phi) is 4.63. The van der Waals surface area contributed by atoms with Gasteiger partial charge in [-0.05, 0) is 23.1 Å². The number of carbonyl (C=O) groups excluding carboxylic acids is 1. The summed E-state index contributed by atoms with van der Waals surface area (Å²) >= 11 is 0. The van der Waals surface area contributed by atoms with Gasteiger partial charge in [-0.2, -0.15) is 9.90 Å². The Labute approximate surface area is 133 Å². The number of nitrogens with zero attached hydrogens (tertiary/aromatic N) is 3. The zero-order chi connectivity index (χ0) is 17.0. The number of rotatable bonds is 4. The van der Waals surface area contributed by atoms with E-state index in [4.69, 9.17) is 5.11 Å². The van der Waals surface area contributed by atoms with Crippen LogP contribution in [0.5, 0.6) is 0 Å². The Morgan fingerprint density at radius 1 is 1.17 bits per heavy atom. The lowest BCUT2D eigenvalue weighted by molar-refractivity contribution is -0.138. The fourth-order valence-corrected chi connectivity index (χ4v) is 1.88. The Morgan fingerprint density at radius 2 is 1.83 bits per heavy atom. The average Bonchev–Trinajstić information content (AvgIpc) is 2.84. The molecule has 2 amide bonds. The fourth-order valence-electron chi connectivity index (χ4n) is 1.88. The van der Waals surface area contributed by atoms with Crippen LogP contribution in [0.25, 0.3) is 0 Å². The standard InChI is InChI=1S/C15H19N5O3/c1-15(2,3)10-4-6-11(7-5-10)17-14(23)18-12-8-16-20(19-12)9-13(21)22/h4-8H,9H2,1-3H3,(H,21,22)(H2,17,18,19,23). The van der Waals surface area contributed by atoms with Crippen LogP contribution in [-0.2, 0) is 16.8 Å². The van der Waals surface area contributed by atoms with Crippen LogP contribution in [0.3, 0.4) is 0 Å². The zero-order valence-corrected chi connectivity index (χ0v) is 13.2. The minimum Gasteiger partial charge on any atom is -0.480 e. The van der Waals surface area contributed by atoms with Crippen molar-refractivity contribution in [2.24, 2.45) is 0 Å². The van der Waals surface area contributed by atoms with Gasteiger partial charge in [0.25, 0.3) is 0 Å². The normalized spacial score (nSPS) is 11.1. The van der Waals surface area contributed by atoms with Crippen molar-refractivity contribution in [3.63, 3.8) is 0 Å². The van der Waals surface area contributed by atoms with Gasteiger partial charge < -0.3 is 10.4 Å². The molecule has 23 heavy (non-hydrogen) atoms. The van der Waals surface area contributed by atoms with Gasteiger partial charge in [0.05, 0.1) is 6.20 Å². The summed E-state index contributed by atoms with van der Waals surface area (Å²) in [6.07, 6.45) is 1.28. The molecule has 1 heterocycles. The maximum Gasteiger partial charge on any atom is 0.327 e. The van der Waals surface area contributed by atoms with E-state index < -0.39 is 12.0 Å². The number of urea groups is 1. The van der Waals surface area contributed by atoms with Crippen molar-refractivity contribution in [3.05, 3.63) is 36.0 Å². The molecule has 0 unspecified atom stereocenters. The second kappa shape index (κ2) is 6.47. The second-order valence-corrected chi connectivity index (χ2v) is 6.06. The molecule has 0 bridgehead atoms. The highest BCUT2D eigenvalue weighted by atomic mass is 16.4. The van der Waals surface area contributed by atoms with Crippen molar-refractivity contribution in [1.82, 2.24) is 15.0 Å². The maximum absolute atomic E-state index is 11.9. The summed E-state index contributed by atoms with van der Waals surface area (Å²) in [7, 11) is 0. The third-order valence-electron chi connectivity index (χ3n) is 3.06. The third-order valence-corrected chi connectivity index (χ3v) is 3.06. The summed E-state index contributed by atoms with van der Waals surface area (Å²) in [5.41, 5.74) is 1.86. The number of carboxylic acids is 1. The Balaban J connectivity index is 1.94. The van der Waals surface area contributed by atoms with Crippen molar-refractivity contribution < 1.29 is 14.7 Å². The van der Waals surface area contributed by atoms with E-state index in [2.05, 4.69) is 41.6 Å². The third kappa shape index (κ3) is 4.80. The smallest absolute Gasteiger partial charge is 0.327 e. The van der Waals surface area contributed by atoms with Crippen LogP contribution in [0.1, 0.15) is 26.3 Å². The van der Waals surface area contributed by atoms with Gasteiger partial charge in [0.2, 0.25) is 0 Å². The molecule has 122 valence electrons. The monoisotopic (exact) mass is 317 g/mol. The molecule has 0 aliphatic heterocycles. The molecule has 1 aromatic carbocycles. The average molecular weight is 317 g/mol. The van der Waals surface area contributed by atoms with Crippen molar-refractivity contribution in [2.45, 2.75) is 32.7 Å². The molecule has 8 nitrogen and oxygen atoms in total. The minimum absolute atomic E-state index is 0.0451. The topological polar surface area (TPSA) is 109 Å². The van der Waals surface area contributed by atoms with Crippen molar-refractivity contribution in [2.75, 3.05) is 10.6 Å². The van der Waals surface area contributed by atoms with E-state index >= 15 is 0 Å². The predicted octanol–water partition coefficient (Wildman–Crippen LogP) is 2.30. The molecule has 2 aromatic rings. The highest BCUT2D eigenvalue weighted by molar-refractivity contribution is 5.99. The van der Waals surface area contributed by atoms with Crippen LogP contribution in [0.4, 0.5) is 16.3 Å². The maximum atomic E-state index is 11.9. The molecule has 0 fully saturated rings. The zero-order valence-electron chi connectivity index (χ0n) is 13.2. The van der Waals surface area contributed by atoms with E-state index in [1.807, 2.05) is 24.3 Å². The van der Waals surface area contributed by atoms with E-state index in [-0.39, 0.29) is 17.8 Å². The summed E-state index contributed by atoms with van der Waals surface area (Å²) in [5.74, 6) is -0.884. The Morgan fingerprint density at radius 3 is 2.39 bits per heavy atom. The quantitative estimate of drug-likeness (QED) is 0.801. The van der Waals surface area contributed by atoms with E-state index in [9.17, 15) is 9.59 Å². The van der Waals surface area contributed by atoms with E-state index in [1.54, 1.807) is 0 Å². The second-order valence-electron chi connectivity index (χ2n) is 6.06. The number of carboxylic acid groups (broad SMARTS) is 1. The van der Waals surface area contributed by atoms with Gasteiger partial charge in [0, 0.05) is 5.69 Å². The highest BCUT2D eigenvalue weighted by Crippen LogP contribution is 2.23. The highest BCUT2D eigenvalue weighted by Gasteiger charge is 2.13. The summed E-state index contributed by atoms with van der Waals surface area (Å²) in [5, 5.41) is 21.4. The number of benzene rings is 1. The summed E-state index contributed by atoms with van der Waals surface area (Å²) in [6.45, 7) is 5.98. The number of hydrogen-bond acceptors (Lipinski definition) is 4. The molecule has 0 atom stereocenters. The molecule has 1 aromatic heterocycles. The Bertz CT molecular complexity index is 701. The number of anilines is 2. The molecule has 0 aliphatic rings. The van der Waals surface area contributed by atoms with Gasteiger partial charge in [0.15, 0.2) is 12.4 Å². The molecular weight excluding hydrogens is 298 g/mol. The number of amides is 2. The van der Waals surface area contributed by atoms with Crippen LogP contribution < -0.4 is 10.6 Å². The van der Waals surface area contributed by atoms with Crippen molar-refractivity contribution >= 4 is 23.5 Å². The van der Waals surface area contributed by atoms with Gasteiger partial charge in [-0.3, -0.25) is 10.1 Å². The van der Waals surface area contributed by atoms with Crippen LogP contribution in [0.2, 0.25) is 0 Å². The first-order valence-electron chi connectivity index (χ1n) is 7.04. The van der Waals surface area contributed by atoms with Gasteiger partial charge in [-0.15, -0.1) is 5.10 Å². The molecule has 0 saturated heterocycles. The van der Waals surface area contributed by atoms with Crippen molar-refractivity contribution in [3.8, 4) is 0 Å². The molecule has 0 aliphatic carbocycles. The lowest BCUT2D eigenvalue weighted by atomic mass is 9.87. The first-order chi connectivity index (χ1) is 10.7. The number of carbonyl (C=O) groups is 2. The molecule has 0 saturated carbocycles. The van der Waals surface area contributed by atoms with Crippen LogP contribution in [0.15, 0.2) is 30.5 Å². The first-order valence-corrected chi connectivity index (χ1v) is 7.04. The van der Waals surface area contributed by atoms with E-state index in [0.717, 1.165) is 4.80 Å². The number of aromatic nitrogens is 3. The lowest BCUT2D eigenvalue weighted by Crippen LogP contribution is -2.20. The lowest BCUT2D eigenvalue weighted by Gasteiger charge is -2.19. The van der Waals surface area contributed by atoms with Crippen LogP contribution in [0, 0.1) is 0 Å². The molecule has 0 radical (unpaired) electrons. The number of aliphatic carboxylic acids is 1. The molecule has 8 heteroatoms. The van der Waals surface area contributed by atoms with Gasteiger partial charge in [-0.1, -0.05) is 32.9 Å². The van der Waals surface area contributed by atoms with Crippen LogP contribution >= 0.6 is 0 Å². The van der Waals surface area contributed by atoms with Gasteiger partial charge in [-0.25, -0.2) is 4.79 Å². The molecular formula is C15H19N5O3. The molecule has 0 spiro atoms. The number of hydrogen-bond donors (Lipinski definition) is 3. The van der Waals surface area contributed by atoms with E-state index in [0.29, 0.717) is 5.69 Å². The molecule has 3 N–H and O–H groups in total. The first kappa shape index (κ1) is 16.5. The summed E-state index contributed by atoms with van der Waals surface area (Å²) < 4.78 is 0.